The molecule has 2 fully saturated rings. The minimum Gasteiger partial charge on any atom is -0.319 e. The third kappa shape index (κ3) is 3.37. The van der Waals surface area contributed by atoms with Gasteiger partial charge in [-0.05, 0) is 46.5 Å². The summed E-state index contributed by atoms with van der Waals surface area (Å²) in [6, 6.07) is 48.8. The number of hydrogen-bond donors (Lipinski definition) is 0. The second-order valence-corrected chi connectivity index (χ2v) is 12.7. The molecular weight excluding hydrogens is 578 g/mol. The number of nitrogens with zero attached hydrogens (tertiary/aromatic N) is 2. The van der Waals surface area contributed by atoms with Crippen LogP contribution in [0.3, 0.4) is 0 Å². The Bertz CT molecular complexity index is 1440. The molecule has 0 amide bonds. The van der Waals surface area contributed by atoms with E-state index < -0.39 is 20.0 Å². The van der Waals surface area contributed by atoms with Gasteiger partial charge in [0.2, 0.25) is 8.91 Å². The maximum absolute atomic E-state index is 7.14. The molecule has 0 aromatic heterocycles. The molecule has 0 aliphatic carbocycles. The Balaban J connectivity index is 1.31. The molecule has 0 spiro atoms. The van der Waals surface area contributed by atoms with Crippen molar-refractivity contribution < 1.29 is 0 Å². The summed E-state index contributed by atoms with van der Waals surface area (Å²) in [5, 5.41) is 0. The lowest BCUT2D eigenvalue weighted by Gasteiger charge is -2.20. The van der Waals surface area contributed by atoms with E-state index in [4.69, 9.17) is 46.4 Å². The first-order valence-electron chi connectivity index (χ1n) is 13.1. The van der Waals surface area contributed by atoms with Crippen molar-refractivity contribution in [2.24, 2.45) is 0 Å². The Morgan fingerprint density at radius 3 is 0.775 bits per heavy atom. The Labute approximate surface area is 254 Å². The summed E-state index contributed by atoms with van der Waals surface area (Å²) >= 11 is 28.6. The molecule has 6 heteroatoms. The lowest BCUT2D eigenvalue weighted by atomic mass is 9.90. The van der Waals surface area contributed by atoms with Crippen LogP contribution in [0.2, 0.25) is 0 Å². The summed E-state index contributed by atoms with van der Waals surface area (Å²) in [7, 11) is 0. The van der Waals surface area contributed by atoms with Gasteiger partial charge in [0.15, 0.2) is 0 Å². The molecule has 0 radical (unpaired) electrons. The number of benzene rings is 5. The zero-order chi connectivity index (χ0) is 27.6. The largest absolute Gasteiger partial charge is 0.319 e. The van der Waals surface area contributed by atoms with Gasteiger partial charge in [0.1, 0.15) is 11.1 Å². The molecule has 0 bridgehead atoms. The zero-order valence-electron chi connectivity index (χ0n) is 21.3. The first-order chi connectivity index (χ1) is 19.4. The van der Waals surface area contributed by atoms with E-state index >= 15 is 0 Å². The number of hydrogen-bond acceptors (Lipinski definition) is 2. The van der Waals surface area contributed by atoms with E-state index in [1.165, 1.54) is 0 Å². The molecule has 5 aromatic rings. The van der Waals surface area contributed by atoms with Crippen molar-refractivity contribution in [2.45, 2.75) is 20.0 Å². The molecule has 198 valence electrons. The van der Waals surface area contributed by atoms with Crippen LogP contribution in [-0.2, 0) is 11.1 Å². The topological polar surface area (TPSA) is 6.02 Å². The van der Waals surface area contributed by atoms with Crippen molar-refractivity contribution >= 4 is 57.8 Å². The maximum atomic E-state index is 7.14. The fourth-order valence-corrected chi connectivity index (χ4v) is 8.28. The molecule has 2 aliphatic rings. The number of halogens is 4. The van der Waals surface area contributed by atoms with Crippen LogP contribution in [0, 0.1) is 0 Å². The van der Waals surface area contributed by atoms with E-state index in [0.29, 0.717) is 0 Å². The highest BCUT2D eigenvalue weighted by Gasteiger charge is 2.77. The van der Waals surface area contributed by atoms with Crippen LogP contribution in [0.1, 0.15) is 22.3 Å². The van der Waals surface area contributed by atoms with Gasteiger partial charge in [-0.3, -0.25) is 0 Å². The predicted molar refractivity (Wildman–Crippen MR) is 168 cm³/mol. The minimum atomic E-state index is -1.18. The van der Waals surface area contributed by atoms with Crippen molar-refractivity contribution in [1.82, 2.24) is 0 Å². The summed E-state index contributed by atoms with van der Waals surface area (Å²) < 4.78 is -2.37. The molecule has 0 saturated carbocycles. The Morgan fingerprint density at radius 2 is 0.550 bits per heavy atom. The lowest BCUT2D eigenvalue weighted by Crippen LogP contribution is -2.20. The van der Waals surface area contributed by atoms with Gasteiger partial charge in [-0.25, -0.2) is 0 Å². The van der Waals surface area contributed by atoms with E-state index in [9.17, 15) is 0 Å². The quantitative estimate of drug-likeness (QED) is 0.109. The highest BCUT2D eigenvalue weighted by molar-refractivity contribution is 6.55. The number of alkyl halides is 4. The second kappa shape index (κ2) is 9.19. The third-order valence-corrected chi connectivity index (χ3v) is 9.91. The average molecular weight is 602 g/mol. The summed E-state index contributed by atoms with van der Waals surface area (Å²) in [6.45, 7) is 0. The highest BCUT2D eigenvalue weighted by Crippen LogP contribution is 2.71. The average Bonchev–Trinajstić information content (AvgIpc) is 3.75. The van der Waals surface area contributed by atoms with Gasteiger partial charge >= 0.3 is 0 Å². The van der Waals surface area contributed by atoms with Crippen molar-refractivity contribution in [2.75, 3.05) is 9.80 Å². The highest BCUT2D eigenvalue weighted by atomic mass is 35.5. The van der Waals surface area contributed by atoms with Gasteiger partial charge in [-0.2, -0.15) is 0 Å². The van der Waals surface area contributed by atoms with Crippen molar-refractivity contribution in [1.29, 1.82) is 0 Å². The molecule has 7 rings (SSSR count). The summed E-state index contributed by atoms with van der Waals surface area (Å²) in [4.78, 5) is 4.10. The number of rotatable bonds is 6. The molecule has 0 atom stereocenters. The van der Waals surface area contributed by atoms with Crippen molar-refractivity contribution in [3.05, 3.63) is 168 Å². The van der Waals surface area contributed by atoms with Crippen LogP contribution >= 0.6 is 46.4 Å². The smallest absolute Gasteiger partial charge is 0.223 e. The van der Waals surface area contributed by atoms with Crippen LogP contribution in [0.5, 0.6) is 0 Å². The Kier molecular flexibility index (Phi) is 5.93. The molecular formula is C34H24Cl4N2. The van der Waals surface area contributed by atoms with Crippen molar-refractivity contribution in [3.63, 3.8) is 0 Å². The van der Waals surface area contributed by atoms with Gasteiger partial charge in [0.05, 0.1) is 0 Å². The van der Waals surface area contributed by atoms with E-state index in [0.717, 1.165) is 33.6 Å². The Morgan fingerprint density at radius 1 is 0.325 bits per heavy atom. The minimum absolute atomic E-state index is 0.736. The number of anilines is 2. The zero-order valence-corrected chi connectivity index (χ0v) is 24.3. The normalized spacial score (nSPS) is 19.2. The molecule has 40 heavy (non-hydrogen) atoms. The van der Waals surface area contributed by atoms with E-state index in [1.54, 1.807) is 0 Å². The van der Waals surface area contributed by atoms with E-state index in [1.807, 2.05) is 97.1 Å². The van der Waals surface area contributed by atoms with Crippen LogP contribution in [0.25, 0.3) is 0 Å². The fraction of sp³-hybridized carbons (Fsp3) is 0.118. The Hall–Kier alpha value is -3.14. The first kappa shape index (κ1) is 25.8. The second-order valence-electron chi connectivity index (χ2n) is 10.2. The summed E-state index contributed by atoms with van der Waals surface area (Å²) in [5.41, 5.74) is 4.40. The van der Waals surface area contributed by atoms with Gasteiger partial charge in [-0.1, -0.05) is 168 Å². The van der Waals surface area contributed by atoms with Crippen LogP contribution < -0.4 is 9.80 Å². The molecule has 2 saturated heterocycles. The third-order valence-electron chi connectivity index (χ3n) is 8.14. The van der Waals surface area contributed by atoms with Gasteiger partial charge in [-0.15, -0.1) is 0 Å². The summed E-state index contributed by atoms with van der Waals surface area (Å²) in [5.74, 6) is 0. The van der Waals surface area contributed by atoms with Gasteiger partial charge < -0.3 is 9.80 Å². The summed E-state index contributed by atoms with van der Waals surface area (Å²) in [6.07, 6.45) is 0. The SMILES string of the molecule is ClC1(Cl)N(c2ccc(N3C(Cl)(Cl)C3(c3ccccc3)c3ccccc3)cc2)C1(c1ccccc1)c1ccccc1. The monoisotopic (exact) mass is 600 g/mol. The lowest BCUT2D eigenvalue weighted by molar-refractivity contribution is 0.827. The van der Waals surface area contributed by atoms with E-state index in [-0.39, 0.29) is 0 Å². The van der Waals surface area contributed by atoms with Gasteiger partial charge in [0, 0.05) is 11.4 Å². The van der Waals surface area contributed by atoms with Crippen LogP contribution in [0.15, 0.2) is 146 Å². The molecule has 5 aromatic carbocycles. The fourth-order valence-electron chi connectivity index (χ4n) is 6.34. The first-order valence-corrected chi connectivity index (χ1v) is 14.6. The standard InChI is InChI=1S/C34H24Cl4N2/c35-33(36)31(25-13-5-1-6-14-25,26-15-7-2-8-16-26)39(33)29-21-23-30(24-22-29)40-32(34(40,37)38,27-17-9-3-10-18-27)28-19-11-4-12-20-28/h1-24H. The molecule has 0 N–H and O–H groups in total. The molecule has 2 heterocycles. The van der Waals surface area contributed by atoms with Crippen molar-refractivity contribution in [3.8, 4) is 0 Å². The van der Waals surface area contributed by atoms with Crippen LogP contribution in [0.4, 0.5) is 11.4 Å². The predicted octanol–water partition coefficient (Wildman–Crippen LogP) is 9.48. The molecule has 0 unspecified atom stereocenters. The molecule has 2 nitrogen and oxygen atoms in total. The van der Waals surface area contributed by atoms with Gasteiger partial charge in [0.25, 0.3) is 0 Å². The maximum Gasteiger partial charge on any atom is 0.223 e. The van der Waals surface area contributed by atoms with E-state index in [2.05, 4.69) is 58.3 Å². The van der Waals surface area contributed by atoms with Crippen LogP contribution in [-0.4, -0.2) is 8.91 Å². The molecule has 2 aliphatic heterocycles.